The summed E-state index contributed by atoms with van der Waals surface area (Å²) in [5, 5.41) is 12.9. The summed E-state index contributed by atoms with van der Waals surface area (Å²) >= 11 is -0.750. The summed E-state index contributed by atoms with van der Waals surface area (Å²) in [7, 11) is 1.38. The molecule has 214 valence electrons. The fourth-order valence-corrected chi connectivity index (χ4v) is 4.55. The number of ether oxygens (including phenoxy) is 1. The minimum absolute atomic E-state index is 0.00432. The van der Waals surface area contributed by atoms with E-state index in [9.17, 15) is 23.2 Å². The number of nitrogens with one attached hydrogen (secondary N) is 1. The maximum Gasteiger partial charge on any atom is 0.394 e. The van der Waals surface area contributed by atoms with Crippen molar-refractivity contribution in [2.45, 2.75) is 72.4 Å². The van der Waals surface area contributed by atoms with E-state index in [0.29, 0.717) is 36.2 Å². The van der Waals surface area contributed by atoms with Crippen molar-refractivity contribution < 1.29 is 31.1 Å². The van der Waals surface area contributed by atoms with Gasteiger partial charge in [0.1, 0.15) is 11.9 Å². The molecule has 1 saturated carbocycles. The zero-order valence-electron chi connectivity index (χ0n) is 22.7. The van der Waals surface area contributed by atoms with Crippen LogP contribution in [0, 0.1) is 28.6 Å². The molecule has 1 amide bonds. The first-order valence-electron chi connectivity index (χ1n) is 12.6. The zero-order chi connectivity index (χ0) is 29.4. The number of amides is 1. The summed E-state index contributed by atoms with van der Waals surface area (Å²) in [6.45, 7) is 6.85. The largest absolute Gasteiger partial charge is 0.493 e. The molecule has 0 unspecified atom stereocenters. The summed E-state index contributed by atoms with van der Waals surface area (Å²) in [5.74, 6) is 1.50. The Balaban J connectivity index is 0.00000170. The van der Waals surface area contributed by atoms with Crippen molar-refractivity contribution in [1.29, 1.82) is 5.26 Å². The van der Waals surface area contributed by atoms with Crippen LogP contribution in [0.3, 0.4) is 0 Å². The van der Waals surface area contributed by atoms with Crippen molar-refractivity contribution in [3.8, 4) is 17.6 Å². The minimum Gasteiger partial charge on any atom is -0.493 e. The highest BCUT2D eigenvalue weighted by Crippen LogP contribution is 2.40. The first kappa shape index (κ1) is 31.9. The Labute approximate surface area is 229 Å². The maximum absolute atomic E-state index is 13.4. The van der Waals surface area contributed by atoms with E-state index >= 15 is 0 Å². The Kier molecular flexibility index (Phi) is 11.2. The van der Waals surface area contributed by atoms with Gasteiger partial charge in [0.05, 0.1) is 12.5 Å². The molecule has 0 radical (unpaired) electrons. The lowest BCUT2D eigenvalue weighted by Crippen LogP contribution is -2.34. The first-order chi connectivity index (χ1) is 18.3. The van der Waals surface area contributed by atoms with Gasteiger partial charge in [0.25, 0.3) is 5.91 Å². The number of halogens is 3. The number of alkyl halides is 3. The third-order valence-electron chi connectivity index (χ3n) is 7.01. The molecule has 2 heterocycles. The lowest BCUT2D eigenvalue weighted by Gasteiger charge is -2.27. The van der Waals surface area contributed by atoms with Crippen molar-refractivity contribution in [3.05, 3.63) is 35.0 Å². The van der Waals surface area contributed by atoms with Gasteiger partial charge in [-0.2, -0.15) is 26.9 Å². The van der Waals surface area contributed by atoms with E-state index in [4.69, 9.17) is 13.2 Å². The van der Waals surface area contributed by atoms with Crippen LogP contribution in [0.4, 0.5) is 13.2 Å². The lowest BCUT2D eigenvalue weighted by molar-refractivity contribution is -0.211. The molecule has 1 aliphatic rings. The summed E-state index contributed by atoms with van der Waals surface area (Å²) < 4.78 is 63.6. The average Bonchev–Trinajstić information content (AvgIpc) is 3.26. The van der Waals surface area contributed by atoms with Crippen LogP contribution in [0.25, 0.3) is 5.82 Å². The smallest absolute Gasteiger partial charge is 0.394 e. The van der Waals surface area contributed by atoms with Gasteiger partial charge in [-0.25, -0.2) is 9.97 Å². The van der Waals surface area contributed by atoms with Gasteiger partial charge in [0.2, 0.25) is 0 Å². The van der Waals surface area contributed by atoms with Crippen LogP contribution >= 0.6 is 0 Å². The molecule has 9 nitrogen and oxygen atoms in total. The molecule has 0 spiro atoms. The number of pyridine rings is 1. The molecule has 13 heteroatoms. The van der Waals surface area contributed by atoms with Crippen LogP contribution < -0.4 is 10.1 Å². The SMILES string of the molecule is CCc1nc(C(=O)NCC2CCC(C)CC2)c(C#N)n1-c1ncc(CC(C)(C)C(F)(F)F)cc1OC.O=S=O. The highest BCUT2D eigenvalue weighted by molar-refractivity contribution is 7.51. The van der Waals surface area contributed by atoms with Gasteiger partial charge in [-0.3, -0.25) is 9.36 Å². The lowest BCUT2D eigenvalue weighted by atomic mass is 9.83. The normalized spacial score (nSPS) is 17.4. The summed E-state index contributed by atoms with van der Waals surface area (Å²) in [4.78, 5) is 21.8. The monoisotopic (exact) mass is 569 g/mol. The number of nitriles is 1. The van der Waals surface area contributed by atoms with Gasteiger partial charge < -0.3 is 10.1 Å². The second kappa shape index (κ2) is 13.7. The zero-order valence-corrected chi connectivity index (χ0v) is 23.5. The number of hydrogen-bond donors (Lipinski definition) is 1. The van der Waals surface area contributed by atoms with E-state index in [1.54, 1.807) is 0 Å². The number of aromatic nitrogens is 3. The molecule has 0 saturated heterocycles. The van der Waals surface area contributed by atoms with Crippen molar-refractivity contribution in [2.24, 2.45) is 17.3 Å². The molecule has 0 bridgehead atoms. The van der Waals surface area contributed by atoms with E-state index in [-0.39, 0.29) is 29.4 Å². The van der Waals surface area contributed by atoms with E-state index in [0.717, 1.165) is 39.5 Å². The molecule has 2 aromatic heterocycles. The second-order valence-corrected chi connectivity index (χ2v) is 10.5. The maximum atomic E-state index is 13.4. The van der Waals surface area contributed by atoms with Crippen molar-refractivity contribution in [2.75, 3.05) is 13.7 Å². The quantitative estimate of drug-likeness (QED) is 0.487. The molecule has 2 aromatic rings. The van der Waals surface area contributed by atoms with Gasteiger partial charge in [-0.05, 0) is 42.7 Å². The van der Waals surface area contributed by atoms with E-state index in [2.05, 4.69) is 28.3 Å². The third-order valence-corrected chi connectivity index (χ3v) is 7.01. The Morgan fingerprint density at radius 3 is 2.38 bits per heavy atom. The molecule has 39 heavy (non-hydrogen) atoms. The van der Waals surface area contributed by atoms with Crippen molar-refractivity contribution >= 4 is 17.5 Å². The molecule has 0 atom stereocenters. The Bertz CT molecular complexity index is 1230. The van der Waals surface area contributed by atoms with Crippen LogP contribution in [-0.4, -0.2) is 48.7 Å². The van der Waals surface area contributed by atoms with Gasteiger partial charge in [0.15, 0.2) is 23.0 Å². The number of methoxy groups -OCH3 is 1. The van der Waals surface area contributed by atoms with Crippen LogP contribution in [0.1, 0.15) is 80.9 Å². The number of carbonyl (C=O) groups excluding carboxylic acids is 1. The van der Waals surface area contributed by atoms with Crippen LogP contribution in [0.2, 0.25) is 0 Å². The van der Waals surface area contributed by atoms with E-state index < -0.39 is 29.1 Å². The molecule has 0 aliphatic heterocycles. The molecule has 1 aliphatic carbocycles. The molecule has 1 N–H and O–H groups in total. The van der Waals surface area contributed by atoms with Gasteiger partial charge in [-0.1, -0.05) is 40.5 Å². The number of rotatable bonds is 8. The number of nitrogens with zero attached hydrogens (tertiary/aromatic N) is 4. The van der Waals surface area contributed by atoms with E-state index in [1.165, 1.54) is 23.9 Å². The molecular formula is C26H34F3N5O4S. The fourth-order valence-electron chi connectivity index (χ4n) is 4.55. The molecule has 0 aromatic carbocycles. The second-order valence-electron chi connectivity index (χ2n) is 10.4. The highest BCUT2D eigenvalue weighted by atomic mass is 32.1. The number of carbonyl (C=O) groups is 1. The van der Waals surface area contributed by atoms with Crippen molar-refractivity contribution in [3.63, 3.8) is 0 Å². The standard InChI is InChI=1S/C26H34F3N5O2.O2S/c1-6-21-33-22(24(35)32-14-17-9-7-16(2)8-10-17)19(13-30)34(21)23-20(36-5)11-18(15-31-23)12-25(3,4)26(27,28)29;1-3-2/h11,15-17H,6-10,12,14H2,1-5H3,(H,32,35);. The highest BCUT2D eigenvalue weighted by Gasteiger charge is 2.47. The van der Waals surface area contributed by atoms with Crippen molar-refractivity contribution in [1.82, 2.24) is 19.9 Å². The number of hydrogen-bond acceptors (Lipinski definition) is 7. The summed E-state index contributed by atoms with van der Waals surface area (Å²) in [6.07, 6.45) is 1.46. The predicted octanol–water partition coefficient (Wildman–Crippen LogP) is 4.73. The third kappa shape index (κ3) is 7.88. The van der Waals surface area contributed by atoms with Gasteiger partial charge in [0, 0.05) is 19.2 Å². The topological polar surface area (TPSA) is 127 Å². The Morgan fingerprint density at radius 2 is 1.87 bits per heavy atom. The Morgan fingerprint density at radius 1 is 1.26 bits per heavy atom. The molecular weight excluding hydrogens is 535 g/mol. The van der Waals surface area contributed by atoms with Crippen LogP contribution in [0.5, 0.6) is 5.75 Å². The van der Waals surface area contributed by atoms with Crippen LogP contribution in [0.15, 0.2) is 12.3 Å². The number of imidazole rings is 1. The summed E-state index contributed by atoms with van der Waals surface area (Å²) in [5.41, 5.74) is -1.60. The first-order valence-corrected chi connectivity index (χ1v) is 13.3. The number of aryl methyl sites for hydroxylation is 1. The van der Waals surface area contributed by atoms with E-state index in [1.807, 2.05) is 6.92 Å². The summed E-state index contributed by atoms with van der Waals surface area (Å²) in [6, 6.07) is 3.55. The van der Waals surface area contributed by atoms with Gasteiger partial charge in [-0.15, -0.1) is 0 Å². The minimum atomic E-state index is -4.38. The molecule has 3 rings (SSSR count). The molecule has 1 fully saturated rings. The van der Waals surface area contributed by atoms with Gasteiger partial charge >= 0.3 is 17.7 Å². The fraction of sp³-hybridized carbons (Fsp3) is 0.615. The van der Waals surface area contributed by atoms with Crippen LogP contribution in [-0.2, 0) is 24.4 Å². The Hall–Kier alpha value is -3.27. The average molecular weight is 570 g/mol. The predicted molar refractivity (Wildman–Crippen MR) is 138 cm³/mol.